The molecule has 90 valence electrons. The van der Waals surface area contributed by atoms with Gasteiger partial charge in [0.1, 0.15) is 5.76 Å². The molecule has 1 aromatic rings. The number of fused-ring (bicyclic) bond motifs is 1. The molecular weight excluding hydrogens is 230 g/mol. The molecule has 1 saturated heterocycles. The van der Waals surface area contributed by atoms with Crippen LogP contribution < -0.4 is 0 Å². The highest BCUT2D eigenvalue weighted by Gasteiger charge is 2.38. The molecule has 0 aromatic heterocycles. The van der Waals surface area contributed by atoms with Crippen LogP contribution in [0.4, 0.5) is 0 Å². The van der Waals surface area contributed by atoms with E-state index in [0.717, 1.165) is 31.2 Å². The molecule has 0 saturated carbocycles. The molecule has 0 spiro atoms. The number of allylic oxidation sites excluding steroid dienone is 1. The molecule has 2 unspecified atom stereocenters. The molecule has 2 nitrogen and oxygen atoms in total. The molecule has 0 radical (unpaired) electrons. The second-order valence-corrected chi connectivity index (χ2v) is 5.16. The van der Waals surface area contributed by atoms with E-state index < -0.39 is 0 Å². The van der Waals surface area contributed by atoms with E-state index in [9.17, 15) is 0 Å². The highest BCUT2D eigenvalue weighted by Crippen LogP contribution is 2.39. The summed E-state index contributed by atoms with van der Waals surface area (Å²) in [5.41, 5.74) is 1.39. The largest absolute Gasteiger partial charge is 0.433 e. The van der Waals surface area contributed by atoms with Crippen LogP contribution in [0.15, 0.2) is 42.2 Å². The highest BCUT2D eigenvalue weighted by atomic mass is 32.1. The minimum absolute atomic E-state index is 0.566. The molecule has 3 heteroatoms. The van der Waals surface area contributed by atoms with Crippen LogP contribution in [0.25, 0.3) is 0 Å². The molecule has 17 heavy (non-hydrogen) atoms. The van der Waals surface area contributed by atoms with Crippen LogP contribution in [-0.2, 0) is 10.7 Å². The van der Waals surface area contributed by atoms with Crippen molar-refractivity contribution in [2.24, 2.45) is 11.8 Å². The third-order valence-electron chi connectivity index (χ3n) is 3.86. The maximum atomic E-state index is 5.15. The van der Waals surface area contributed by atoms with Gasteiger partial charge in [-0.15, -0.1) is 0 Å². The van der Waals surface area contributed by atoms with Crippen molar-refractivity contribution < 1.29 is 4.18 Å². The summed E-state index contributed by atoms with van der Waals surface area (Å²) >= 11 is 3.94. The first kappa shape index (κ1) is 11.2. The molecule has 3 rings (SSSR count). The average Bonchev–Trinajstić information content (AvgIpc) is 2.89. The van der Waals surface area contributed by atoms with Gasteiger partial charge < -0.3 is 4.18 Å². The molecule has 1 aliphatic carbocycles. The predicted molar refractivity (Wildman–Crippen MR) is 71.5 cm³/mol. The van der Waals surface area contributed by atoms with Gasteiger partial charge in [0.15, 0.2) is 0 Å². The summed E-state index contributed by atoms with van der Waals surface area (Å²) in [5.74, 6) is 2.38. The van der Waals surface area contributed by atoms with Gasteiger partial charge in [0, 0.05) is 38.5 Å². The molecule has 1 heterocycles. The molecule has 2 aliphatic rings. The number of hydrogen-bond donors (Lipinski definition) is 1. The summed E-state index contributed by atoms with van der Waals surface area (Å²) in [6, 6.07) is 10.7. The molecule has 0 N–H and O–H groups in total. The minimum atomic E-state index is 0.566. The molecule has 2 atom stereocenters. The SMILES string of the molecule is SOC1=CCC2CN(Cc3ccccc3)CC12. The summed E-state index contributed by atoms with van der Waals surface area (Å²) in [4.78, 5) is 2.52. The van der Waals surface area contributed by atoms with E-state index in [1.165, 1.54) is 12.1 Å². The maximum Gasteiger partial charge on any atom is 0.114 e. The Balaban J connectivity index is 1.64. The number of thiol groups is 1. The van der Waals surface area contributed by atoms with E-state index in [-0.39, 0.29) is 0 Å². The van der Waals surface area contributed by atoms with Crippen LogP contribution in [0.1, 0.15) is 12.0 Å². The van der Waals surface area contributed by atoms with Crippen molar-refractivity contribution in [2.75, 3.05) is 13.1 Å². The van der Waals surface area contributed by atoms with Gasteiger partial charge in [-0.1, -0.05) is 30.3 Å². The van der Waals surface area contributed by atoms with Crippen LogP contribution in [-0.4, -0.2) is 18.0 Å². The Morgan fingerprint density at radius 2 is 2.06 bits per heavy atom. The lowest BCUT2D eigenvalue weighted by atomic mass is 9.99. The summed E-state index contributed by atoms with van der Waals surface area (Å²) in [6.07, 6.45) is 3.34. The quantitative estimate of drug-likeness (QED) is 0.651. The van der Waals surface area contributed by atoms with Gasteiger partial charge in [-0.3, -0.25) is 4.90 Å². The normalized spacial score (nSPS) is 27.9. The van der Waals surface area contributed by atoms with Crippen LogP contribution in [0.5, 0.6) is 0 Å². The molecule has 1 aliphatic heterocycles. The minimum Gasteiger partial charge on any atom is -0.433 e. The molecule has 1 aromatic carbocycles. The third-order valence-corrected chi connectivity index (χ3v) is 4.07. The van der Waals surface area contributed by atoms with Crippen LogP contribution >= 0.6 is 12.9 Å². The lowest BCUT2D eigenvalue weighted by Crippen LogP contribution is -2.21. The fourth-order valence-corrected chi connectivity index (χ4v) is 3.23. The van der Waals surface area contributed by atoms with Gasteiger partial charge >= 0.3 is 0 Å². The Morgan fingerprint density at radius 3 is 2.82 bits per heavy atom. The van der Waals surface area contributed by atoms with E-state index in [1.807, 2.05) is 0 Å². The third kappa shape index (κ3) is 2.22. The van der Waals surface area contributed by atoms with E-state index in [0.29, 0.717) is 5.92 Å². The van der Waals surface area contributed by atoms with Crippen molar-refractivity contribution in [2.45, 2.75) is 13.0 Å². The number of benzene rings is 1. The highest BCUT2D eigenvalue weighted by molar-refractivity contribution is 7.75. The summed E-state index contributed by atoms with van der Waals surface area (Å²) in [7, 11) is 0. The summed E-state index contributed by atoms with van der Waals surface area (Å²) in [6.45, 7) is 3.33. The monoisotopic (exact) mass is 247 g/mol. The van der Waals surface area contributed by atoms with Crippen molar-refractivity contribution >= 4 is 12.9 Å². The topological polar surface area (TPSA) is 12.5 Å². The van der Waals surface area contributed by atoms with Crippen molar-refractivity contribution in [3.8, 4) is 0 Å². The zero-order chi connectivity index (χ0) is 11.7. The van der Waals surface area contributed by atoms with E-state index in [1.54, 1.807) is 0 Å². The second-order valence-electron chi connectivity index (χ2n) is 4.98. The lowest BCUT2D eigenvalue weighted by molar-refractivity contribution is 0.306. The van der Waals surface area contributed by atoms with Gasteiger partial charge in [-0.25, -0.2) is 0 Å². The van der Waals surface area contributed by atoms with Crippen molar-refractivity contribution in [3.63, 3.8) is 0 Å². The van der Waals surface area contributed by atoms with E-state index in [4.69, 9.17) is 4.18 Å². The fourth-order valence-electron chi connectivity index (χ4n) is 3.02. The molecule has 1 fully saturated rings. The van der Waals surface area contributed by atoms with E-state index in [2.05, 4.69) is 54.2 Å². The number of hydrogen-bond acceptors (Lipinski definition) is 3. The summed E-state index contributed by atoms with van der Waals surface area (Å²) < 4.78 is 5.15. The van der Waals surface area contributed by atoms with Gasteiger partial charge in [-0.2, -0.15) is 0 Å². The molecular formula is C14H17NOS. The second kappa shape index (κ2) is 4.75. The smallest absolute Gasteiger partial charge is 0.114 e. The van der Waals surface area contributed by atoms with E-state index >= 15 is 0 Å². The zero-order valence-corrected chi connectivity index (χ0v) is 10.6. The Hall–Kier alpha value is -0.930. The number of nitrogens with zero attached hydrogens (tertiary/aromatic N) is 1. The Morgan fingerprint density at radius 1 is 1.24 bits per heavy atom. The van der Waals surface area contributed by atoms with Gasteiger partial charge in [-0.05, 0) is 24.0 Å². The zero-order valence-electron chi connectivity index (χ0n) is 9.75. The van der Waals surface area contributed by atoms with Crippen molar-refractivity contribution in [1.29, 1.82) is 0 Å². The van der Waals surface area contributed by atoms with Gasteiger partial charge in [0.05, 0.1) is 0 Å². The first-order chi connectivity index (χ1) is 8.36. The first-order valence-corrected chi connectivity index (χ1v) is 6.51. The van der Waals surface area contributed by atoms with Crippen LogP contribution in [0.3, 0.4) is 0 Å². The molecule has 0 amide bonds. The number of rotatable bonds is 3. The Kier molecular flexibility index (Phi) is 3.12. The van der Waals surface area contributed by atoms with Gasteiger partial charge in [0.25, 0.3) is 0 Å². The molecule has 0 bridgehead atoms. The van der Waals surface area contributed by atoms with Crippen LogP contribution in [0, 0.1) is 11.8 Å². The van der Waals surface area contributed by atoms with Crippen LogP contribution in [0.2, 0.25) is 0 Å². The predicted octanol–water partition coefficient (Wildman–Crippen LogP) is 2.88. The Bertz CT molecular complexity index is 417. The summed E-state index contributed by atoms with van der Waals surface area (Å²) in [5, 5.41) is 0. The lowest BCUT2D eigenvalue weighted by Gasteiger charge is -2.16. The van der Waals surface area contributed by atoms with Crippen molar-refractivity contribution in [3.05, 3.63) is 47.7 Å². The standard InChI is InChI=1S/C14H17NOS/c17-16-14-7-6-12-9-15(10-13(12)14)8-11-4-2-1-3-5-11/h1-5,7,12-13,17H,6,8-10H2. The first-order valence-electron chi connectivity index (χ1n) is 6.14. The van der Waals surface area contributed by atoms with Gasteiger partial charge in [0.2, 0.25) is 0 Å². The fraction of sp³-hybridized carbons (Fsp3) is 0.429. The number of likely N-dealkylation sites (tertiary alicyclic amines) is 1. The maximum absolute atomic E-state index is 5.15. The van der Waals surface area contributed by atoms with Crippen molar-refractivity contribution in [1.82, 2.24) is 4.90 Å². The Labute approximate surface area is 108 Å². The average molecular weight is 247 g/mol.